The van der Waals surface area contributed by atoms with Gasteiger partial charge in [-0.25, -0.2) is 4.90 Å². The van der Waals surface area contributed by atoms with Gasteiger partial charge < -0.3 is 0 Å². The minimum absolute atomic E-state index is 0.297. The van der Waals surface area contributed by atoms with Crippen LogP contribution in [0.2, 0.25) is 0 Å². The Morgan fingerprint density at radius 1 is 1.00 bits per heavy atom. The van der Waals surface area contributed by atoms with Gasteiger partial charge in [-0.3, -0.25) is 14.7 Å². The van der Waals surface area contributed by atoms with Crippen LogP contribution >= 0.6 is 15.9 Å². The predicted octanol–water partition coefficient (Wildman–Crippen LogP) is 3.13. The molecule has 1 aliphatic heterocycles. The molecule has 0 aliphatic carbocycles. The fourth-order valence-electron chi connectivity index (χ4n) is 2.53. The van der Waals surface area contributed by atoms with Crippen molar-refractivity contribution in [1.82, 2.24) is 10.2 Å². The smallest absolute Gasteiger partial charge is 0.266 e. The van der Waals surface area contributed by atoms with Gasteiger partial charge in [-0.1, -0.05) is 12.1 Å². The van der Waals surface area contributed by atoms with Gasteiger partial charge in [0.2, 0.25) is 0 Å². The van der Waals surface area contributed by atoms with E-state index < -0.39 is 0 Å². The fraction of sp³-hybridized carbons (Fsp3) is 0. The van der Waals surface area contributed by atoms with Crippen molar-refractivity contribution < 1.29 is 9.59 Å². The largest absolute Gasteiger partial charge is 0.270 e. The zero-order chi connectivity index (χ0) is 14.6. The fourth-order valence-corrected chi connectivity index (χ4v) is 2.94. The van der Waals surface area contributed by atoms with Gasteiger partial charge in [0.1, 0.15) is 4.60 Å². The Kier molecular flexibility index (Phi) is 2.49. The number of carbonyl (C=O) groups is 2. The maximum Gasteiger partial charge on any atom is 0.266 e. The molecule has 21 heavy (non-hydrogen) atoms. The van der Waals surface area contributed by atoms with Gasteiger partial charge in [0, 0.05) is 5.39 Å². The summed E-state index contributed by atoms with van der Waals surface area (Å²) in [6, 6.07) is 12.1. The molecule has 1 aliphatic rings. The SMILES string of the molecule is O=C1c2ccccc2C(=O)N1c1ccc2n[nH]c(Br)c2c1. The molecule has 3 aromatic rings. The summed E-state index contributed by atoms with van der Waals surface area (Å²) < 4.78 is 0.718. The Bertz CT molecular complexity index is 881. The highest BCUT2D eigenvalue weighted by molar-refractivity contribution is 9.10. The molecule has 4 rings (SSSR count). The molecule has 0 saturated carbocycles. The van der Waals surface area contributed by atoms with E-state index in [1.54, 1.807) is 42.5 Å². The minimum Gasteiger partial charge on any atom is -0.270 e. The van der Waals surface area contributed by atoms with Crippen molar-refractivity contribution in [3.8, 4) is 0 Å². The average molecular weight is 342 g/mol. The Morgan fingerprint density at radius 2 is 1.67 bits per heavy atom. The van der Waals surface area contributed by atoms with E-state index in [1.807, 2.05) is 0 Å². The zero-order valence-electron chi connectivity index (χ0n) is 10.6. The van der Waals surface area contributed by atoms with Gasteiger partial charge in [-0.05, 0) is 46.3 Å². The summed E-state index contributed by atoms with van der Waals surface area (Å²) in [6.07, 6.45) is 0. The number of nitrogens with zero attached hydrogens (tertiary/aromatic N) is 2. The number of anilines is 1. The predicted molar refractivity (Wildman–Crippen MR) is 81.4 cm³/mol. The number of rotatable bonds is 1. The van der Waals surface area contributed by atoms with Crippen LogP contribution in [0.1, 0.15) is 20.7 Å². The first-order valence-corrected chi connectivity index (χ1v) is 7.07. The molecule has 0 atom stereocenters. The van der Waals surface area contributed by atoms with Crippen LogP contribution < -0.4 is 4.90 Å². The maximum absolute atomic E-state index is 12.4. The van der Waals surface area contributed by atoms with E-state index in [9.17, 15) is 9.59 Å². The number of fused-ring (bicyclic) bond motifs is 2. The summed E-state index contributed by atoms with van der Waals surface area (Å²) >= 11 is 3.36. The molecule has 2 aromatic carbocycles. The van der Waals surface area contributed by atoms with Crippen LogP contribution in [-0.2, 0) is 0 Å². The summed E-state index contributed by atoms with van der Waals surface area (Å²) in [7, 11) is 0. The Hall–Kier alpha value is -2.47. The lowest BCUT2D eigenvalue weighted by atomic mass is 10.1. The number of halogens is 1. The number of benzene rings is 2. The second-order valence-electron chi connectivity index (χ2n) is 4.73. The van der Waals surface area contributed by atoms with Crippen LogP contribution in [0.15, 0.2) is 47.1 Å². The van der Waals surface area contributed by atoms with E-state index in [0.717, 1.165) is 15.5 Å². The minimum atomic E-state index is -0.297. The number of aromatic nitrogens is 2. The quantitative estimate of drug-likeness (QED) is 0.691. The van der Waals surface area contributed by atoms with Crippen molar-refractivity contribution in [3.63, 3.8) is 0 Å². The van der Waals surface area contributed by atoms with Crippen molar-refractivity contribution in [2.24, 2.45) is 0 Å². The maximum atomic E-state index is 12.4. The summed E-state index contributed by atoms with van der Waals surface area (Å²) in [5, 5.41) is 7.74. The Morgan fingerprint density at radius 3 is 2.33 bits per heavy atom. The molecule has 1 aromatic heterocycles. The van der Waals surface area contributed by atoms with E-state index in [1.165, 1.54) is 4.90 Å². The van der Waals surface area contributed by atoms with Gasteiger partial charge in [-0.15, -0.1) is 0 Å². The normalized spacial score (nSPS) is 14.0. The molecule has 5 nitrogen and oxygen atoms in total. The van der Waals surface area contributed by atoms with Crippen LogP contribution in [-0.4, -0.2) is 22.0 Å². The molecule has 0 unspecified atom stereocenters. The summed E-state index contributed by atoms with van der Waals surface area (Å²) in [4.78, 5) is 26.1. The number of imide groups is 1. The number of amides is 2. The van der Waals surface area contributed by atoms with Crippen molar-refractivity contribution in [2.75, 3.05) is 4.90 Å². The van der Waals surface area contributed by atoms with Gasteiger partial charge in [-0.2, -0.15) is 5.10 Å². The first kappa shape index (κ1) is 12.3. The molecule has 6 heteroatoms. The highest BCUT2D eigenvalue weighted by Crippen LogP contribution is 2.31. The number of H-pyrrole nitrogens is 1. The topological polar surface area (TPSA) is 66.1 Å². The number of aromatic amines is 1. The summed E-state index contributed by atoms with van der Waals surface area (Å²) in [5.41, 5.74) is 2.18. The molecule has 0 saturated heterocycles. The molecular formula is C15H8BrN3O2. The summed E-state index contributed by atoms with van der Waals surface area (Å²) in [6.45, 7) is 0. The van der Waals surface area contributed by atoms with Crippen LogP contribution in [0, 0.1) is 0 Å². The third kappa shape index (κ3) is 1.66. The number of nitrogens with one attached hydrogen (secondary N) is 1. The molecule has 102 valence electrons. The third-order valence-corrected chi connectivity index (χ3v) is 4.15. The van der Waals surface area contributed by atoms with Crippen LogP contribution in [0.3, 0.4) is 0 Å². The lowest BCUT2D eigenvalue weighted by Crippen LogP contribution is -2.29. The molecule has 0 fully saturated rings. The van der Waals surface area contributed by atoms with E-state index in [2.05, 4.69) is 26.1 Å². The lowest BCUT2D eigenvalue weighted by molar-refractivity contribution is 0.0926. The summed E-state index contributed by atoms with van der Waals surface area (Å²) in [5.74, 6) is -0.593. The van der Waals surface area contributed by atoms with Crippen LogP contribution in [0.5, 0.6) is 0 Å². The molecule has 2 amide bonds. The van der Waals surface area contributed by atoms with E-state index in [4.69, 9.17) is 0 Å². The highest BCUT2D eigenvalue weighted by atomic mass is 79.9. The van der Waals surface area contributed by atoms with Crippen molar-refractivity contribution in [1.29, 1.82) is 0 Å². The van der Waals surface area contributed by atoms with Gasteiger partial charge in [0.05, 0.1) is 22.3 Å². The number of carbonyl (C=O) groups excluding carboxylic acids is 2. The molecule has 2 heterocycles. The molecule has 0 bridgehead atoms. The Labute approximate surface area is 127 Å². The molecule has 1 N–H and O–H groups in total. The third-order valence-electron chi connectivity index (χ3n) is 3.54. The molecule has 0 radical (unpaired) electrons. The zero-order valence-corrected chi connectivity index (χ0v) is 12.2. The van der Waals surface area contributed by atoms with Gasteiger partial charge in [0.25, 0.3) is 11.8 Å². The average Bonchev–Trinajstić information content (AvgIpc) is 2.99. The second-order valence-corrected chi connectivity index (χ2v) is 5.52. The first-order valence-electron chi connectivity index (χ1n) is 6.28. The van der Waals surface area contributed by atoms with Gasteiger partial charge in [0.15, 0.2) is 0 Å². The van der Waals surface area contributed by atoms with Gasteiger partial charge >= 0.3 is 0 Å². The van der Waals surface area contributed by atoms with Crippen molar-refractivity contribution in [3.05, 3.63) is 58.2 Å². The first-order chi connectivity index (χ1) is 10.2. The monoisotopic (exact) mass is 341 g/mol. The molecular weight excluding hydrogens is 334 g/mol. The number of hydrogen-bond donors (Lipinski definition) is 1. The van der Waals surface area contributed by atoms with Crippen molar-refractivity contribution >= 4 is 44.3 Å². The second kappa shape index (κ2) is 4.26. The Balaban J connectivity index is 1.88. The van der Waals surface area contributed by atoms with Crippen LogP contribution in [0.25, 0.3) is 10.9 Å². The standard InChI is InChI=1S/C15H8BrN3O2/c16-13-11-7-8(5-6-12(11)17-18-13)19-14(20)9-3-1-2-4-10(9)15(19)21/h1-7H,(H,17,18). The number of hydrogen-bond acceptors (Lipinski definition) is 3. The van der Waals surface area contributed by atoms with E-state index >= 15 is 0 Å². The highest BCUT2D eigenvalue weighted by Gasteiger charge is 2.36. The molecule has 0 spiro atoms. The van der Waals surface area contributed by atoms with E-state index in [-0.39, 0.29) is 11.8 Å². The lowest BCUT2D eigenvalue weighted by Gasteiger charge is -2.13. The van der Waals surface area contributed by atoms with E-state index in [0.29, 0.717) is 16.8 Å². The van der Waals surface area contributed by atoms with Crippen molar-refractivity contribution in [2.45, 2.75) is 0 Å². The van der Waals surface area contributed by atoms with Crippen LogP contribution in [0.4, 0.5) is 5.69 Å².